The molecule has 1 rings (SSSR count). The highest BCUT2D eigenvalue weighted by atomic mass is 14.8. The lowest BCUT2D eigenvalue weighted by Crippen LogP contribution is -1.95. The van der Waals surface area contributed by atoms with E-state index in [4.69, 9.17) is 13.6 Å². The molecule has 1 aromatic heterocycles. The highest BCUT2D eigenvalue weighted by molar-refractivity contribution is 6.42. The average molecular weight is 144 g/mol. The zero-order valence-corrected chi connectivity index (χ0v) is 6.41. The van der Waals surface area contributed by atoms with Crippen molar-refractivity contribution in [2.24, 2.45) is 0 Å². The first-order valence-corrected chi connectivity index (χ1v) is 3.38. The van der Waals surface area contributed by atoms with Crippen LogP contribution in [0.1, 0.15) is 12.5 Å². The molecule has 0 aliphatic heterocycles. The lowest BCUT2D eigenvalue weighted by molar-refractivity contribution is 1.32. The number of anilines is 1. The van der Waals surface area contributed by atoms with Gasteiger partial charge in [0.05, 0.1) is 0 Å². The van der Waals surface area contributed by atoms with Crippen LogP contribution in [0.3, 0.4) is 0 Å². The van der Waals surface area contributed by atoms with Gasteiger partial charge in [-0.1, -0.05) is 17.6 Å². The van der Waals surface area contributed by atoms with Crippen LogP contribution in [0, 0.1) is 0 Å². The zero-order valence-electron chi connectivity index (χ0n) is 6.41. The number of nitrogens with zero attached hydrogens (tertiary/aromatic N) is 1. The summed E-state index contributed by atoms with van der Waals surface area (Å²) >= 11 is 0. The van der Waals surface area contributed by atoms with Gasteiger partial charge in [-0.2, -0.15) is 0 Å². The minimum Gasteiger partial charge on any atom is -0.383 e. The zero-order chi connectivity index (χ0) is 8.27. The van der Waals surface area contributed by atoms with Gasteiger partial charge in [-0.25, -0.2) is 4.98 Å². The Bertz CT molecular complexity index is 281. The Morgan fingerprint density at radius 1 is 1.73 bits per heavy atom. The molecule has 2 nitrogen and oxygen atoms in total. The fourth-order valence-electron chi connectivity index (χ4n) is 0.817. The van der Waals surface area contributed by atoms with Gasteiger partial charge in [0.2, 0.25) is 0 Å². The molecule has 0 saturated heterocycles. The normalized spacial score (nSPS) is 11.5. The number of hydrogen-bond donors (Lipinski definition) is 1. The summed E-state index contributed by atoms with van der Waals surface area (Å²) in [4.78, 5) is 3.91. The summed E-state index contributed by atoms with van der Waals surface area (Å²) in [6.07, 6.45) is 3.44. The second kappa shape index (κ2) is 3.24. The maximum Gasteiger partial charge on any atom is 0.129 e. The molecule has 0 aromatic carbocycles. The molecule has 0 saturated carbocycles. The Kier molecular flexibility index (Phi) is 2.31. The van der Waals surface area contributed by atoms with Crippen LogP contribution < -0.4 is 5.73 Å². The maximum atomic E-state index is 5.64. The summed E-state index contributed by atoms with van der Waals surface area (Å²) in [7, 11) is 5.64. The molecule has 0 aliphatic carbocycles. The number of aromatic nitrogens is 1. The molecule has 0 aliphatic rings. The molecule has 11 heavy (non-hydrogen) atoms. The van der Waals surface area contributed by atoms with Crippen LogP contribution in [-0.2, 0) is 0 Å². The molecule has 0 bridgehead atoms. The molecule has 0 spiro atoms. The van der Waals surface area contributed by atoms with Crippen molar-refractivity contribution < 1.29 is 0 Å². The average Bonchev–Trinajstić information content (AvgIpc) is 2.04. The lowest BCUT2D eigenvalue weighted by Gasteiger charge is -2.02. The highest BCUT2D eigenvalue weighted by Gasteiger charge is 1.97. The third-order valence-corrected chi connectivity index (χ3v) is 1.46. The molecular weight excluding hydrogens is 135 g/mol. The van der Waals surface area contributed by atoms with Crippen LogP contribution >= 0.6 is 0 Å². The molecule has 2 radical (unpaired) electrons. The van der Waals surface area contributed by atoms with E-state index >= 15 is 0 Å². The number of nitrogens with two attached hydrogens (primary N) is 1. The van der Waals surface area contributed by atoms with Crippen molar-refractivity contribution in [3.05, 3.63) is 30.0 Å². The van der Waals surface area contributed by atoms with Gasteiger partial charge in [0, 0.05) is 11.8 Å². The highest BCUT2D eigenvalue weighted by Crippen LogP contribution is 2.14. The fourth-order valence-corrected chi connectivity index (χ4v) is 0.817. The van der Waals surface area contributed by atoms with E-state index in [-0.39, 0.29) is 0 Å². The third-order valence-electron chi connectivity index (χ3n) is 1.46. The maximum absolute atomic E-state index is 5.64. The molecule has 2 N–H and O–H groups in total. The van der Waals surface area contributed by atoms with E-state index < -0.39 is 0 Å². The summed E-state index contributed by atoms with van der Waals surface area (Å²) in [5, 5.41) is 0. The first-order valence-electron chi connectivity index (χ1n) is 3.38. The summed E-state index contributed by atoms with van der Waals surface area (Å²) in [6.45, 7) is 1.86. The Balaban J connectivity index is 3.14. The van der Waals surface area contributed by atoms with E-state index in [9.17, 15) is 0 Å². The van der Waals surface area contributed by atoms with Gasteiger partial charge in [-0.05, 0) is 13.0 Å². The van der Waals surface area contributed by atoms with Crippen molar-refractivity contribution >= 4 is 19.1 Å². The molecule has 1 heterocycles. The summed E-state index contributed by atoms with van der Waals surface area (Å²) in [5.74, 6) is 0.475. The van der Waals surface area contributed by atoms with E-state index in [1.54, 1.807) is 12.3 Å². The van der Waals surface area contributed by atoms with Crippen LogP contribution in [0.5, 0.6) is 0 Å². The van der Waals surface area contributed by atoms with E-state index in [2.05, 4.69) is 4.98 Å². The van der Waals surface area contributed by atoms with E-state index in [1.807, 2.05) is 19.1 Å². The van der Waals surface area contributed by atoms with E-state index in [0.717, 1.165) is 5.56 Å². The van der Waals surface area contributed by atoms with Gasteiger partial charge in [-0.3, -0.25) is 0 Å². The predicted octanol–water partition coefficient (Wildman–Crippen LogP) is 1.19. The molecule has 1 aromatic rings. The van der Waals surface area contributed by atoms with Crippen molar-refractivity contribution in [3.63, 3.8) is 0 Å². The standard InChI is InChI=1S/C8H9BN2/c1-2-7(9)6-4-3-5-11-8(6)10/h2-5H,1H3,(H2,10,11)/b7-2+. The molecule has 0 fully saturated rings. The molecular formula is C8H9BN2. The molecule has 54 valence electrons. The minimum atomic E-state index is 0.475. The summed E-state index contributed by atoms with van der Waals surface area (Å²) in [5.41, 5.74) is 7.03. The van der Waals surface area contributed by atoms with Gasteiger partial charge in [-0.15, -0.1) is 0 Å². The minimum absolute atomic E-state index is 0.475. The first kappa shape index (κ1) is 7.86. The molecule has 3 heteroatoms. The quantitative estimate of drug-likeness (QED) is 0.601. The molecule has 0 atom stereocenters. The smallest absolute Gasteiger partial charge is 0.129 e. The molecule has 0 unspecified atom stereocenters. The molecule has 0 amide bonds. The monoisotopic (exact) mass is 144 g/mol. The number of rotatable bonds is 1. The SMILES string of the molecule is [B]/C(=C/C)c1cccnc1N. The van der Waals surface area contributed by atoms with Crippen LogP contribution in [0.15, 0.2) is 24.4 Å². The number of hydrogen-bond acceptors (Lipinski definition) is 2. The van der Waals surface area contributed by atoms with Crippen molar-refractivity contribution in [1.82, 2.24) is 4.98 Å². The van der Waals surface area contributed by atoms with Crippen LogP contribution in [0.25, 0.3) is 5.47 Å². The van der Waals surface area contributed by atoms with E-state index in [1.165, 1.54) is 0 Å². The first-order chi connectivity index (χ1) is 5.25. The number of allylic oxidation sites excluding steroid dienone is 1. The predicted molar refractivity (Wildman–Crippen MR) is 48.1 cm³/mol. The Labute approximate surface area is 67.5 Å². The van der Waals surface area contributed by atoms with E-state index in [0.29, 0.717) is 11.3 Å². The largest absolute Gasteiger partial charge is 0.383 e. The van der Waals surface area contributed by atoms with Crippen molar-refractivity contribution in [2.75, 3.05) is 5.73 Å². The topological polar surface area (TPSA) is 38.9 Å². The van der Waals surface area contributed by atoms with Gasteiger partial charge >= 0.3 is 0 Å². The van der Waals surface area contributed by atoms with Gasteiger partial charge in [0.25, 0.3) is 0 Å². The second-order valence-corrected chi connectivity index (χ2v) is 2.18. The Morgan fingerprint density at radius 3 is 3.00 bits per heavy atom. The third kappa shape index (κ3) is 1.61. The van der Waals surface area contributed by atoms with Gasteiger partial charge in [0.15, 0.2) is 0 Å². The van der Waals surface area contributed by atoms with Gasteiger partial charge < -0.3 is 5.73 Å². The fraction of sp³-hybridized carbons (Fsp3) is 0.125. The Hall–Kier alpha value is -1.25. The lowest BCUT2D eigenvalue weighted by atomic mass is 9.89. The van der Waals surface area contributed by atoms with Crippen LogP contribution in [0.2, 0.25) is 0 Å². The Morgan fingerprint density at radius 2 is 2.45 bits per heavy atom. The van der Waals surface area contributed by atoms with Crippen molar-refractivity contribution in [2.45, 2.75) is 6.92 Å². The summed E-state index contributed by atoms with van der Waals surface area (Å²) < 4.78 is 0. The van der Waals surface area contributed by atoms with Crippen molar-refractivity contribution in [3.8, 4) is 0 Å². The number of nitrogen functional groups attached to an aromatic ring is 1. The van der Waals surface area contributed by atoms with Crippen LogP contribution in [0.4, 0.5) is 5.82 Å². The number of pyridine rings is 1. The second-order valence-electron chi connectivity index (χ2n) is 2.18. The van der Waals surface area contributed by atoms with Crippen molar-refractivity contribution in [1.29, 1.82) is 0 Å². The van der Waals surface area contributed by atoms with Crippen LogP contribution in [-0.4, -0.2) is 12.8 Å². The van der Waals surface area contributed by atoms with Gasteiger partial charge in [0.1, 0.15) is 13.7 Å². The summed E-state index contributed by atoms with van der Waals surface area (Å²) in [6, 6.07) is 3.65.